The normalized spacial score (nSPS) is 22.4. The zero-order chi connectivity index (χ0) is 13.2. The molecule has 0 saturated carbocycles. The van der Waals surface area contributed by atoms with Crippen molar-refractivity contribution in [3.63, 3.8) is 0 Å². The summed E-state index contributed by atoms with van der Waals surface area (Å²) in [6, 6.07) is -0.342. The fourth-order valence-electron chi connectivity index (χ4n) is 2.42. The van der Waals surface area contributed by atoms with Crippen LogP contribution in [0.15, 0.2) is 0 Å². The van der Waals surface area contributed by atoms with Crippen LogP contribution in [0.5, 0.6) is 0 Å². The number of nitrogens with one attached hydrogen (secondary N) is 1. The van der Waals surface area contributed by atoms with Gasteiger partial charge in [-0.3, -0.25) is 9.69 Å². The third-order valence-electron chi connectivity index (χ3n) is 3.50. The summed E-state index contributed by atoms with van der Waals surface area (Å²) in [4.78, 5) is 36.2. The Labute approximate surface area is 106 Å². The van der Waals surface area contributed by atoms with Crippen LogP contribution in [0.4, 0.5) is 4.79 Å². The lowest BCUT2D eigenvalue weighted by atomic mass is 9.90. The number of hydrogen-bond acceptors (Lipinski definition) is 4. The zero-order valence-corrected chi connectivity index (χ0v) is 10.5. The number of carbonyl (C=O) groups excluding carboxylic acids is 3. The number of Topliss-reactive ketones (excluding diaryl/α,β-unsaturated/α-hetero) is 1. The van der Waals surface area contributed by atoms with Crippen LogP contribution in [0, 0.1) is 0 Å². The Bertz CT molecular complexity index is 374. The highest BCUT2D eigenvalue weighted by atomic mass is 16.5. The molecule has 0 radical (unpaired) electrons. The third-order valence-corrected chi connectivity index (χ3v) is 3.50. The molecule has 0 aliphatic carbocycles. The number of ketones is 1. The number of ether oxygens (including phenoxy) is 1. The van der Waals surface area contributed by atoms with Gasteiger partial charge in [-0.25, -0.2) is 4.79 Å². The lowest BCUT2D eigenvalue weighted by Crippen LogP contribution is -2.51. The van der Waals surface area contributed by atoms with Gasteiger partial charge in [-0.2, -0.15) is 0 Å². The summed E-state index contributed by atoms with van der Waals surface area (Å²) < 4.78 is 5.22. The van der Waals surface area contributed by atoms with Crippen LogP contribution in [0.25, 0.3) is 0 Å². The highest BCUT2D eigenvalue weighted by Crippen LogP contribution is 2.28. The van der Waals surface area contributed by atoms with E-state index in [1.807, 2.05) is 0 Å². The Kier molecular flexibility index (Phi) is 3.65. The molecule has 6 nitrogen and oxygen atoms in total. The lowest BCUT2D eigenvalue weighted by molar-refractivity contribution is -0.134. The molecule has 2 rings (SSSR count). The maximum atomic E-state index is 12.3. The average Bonchev–Trinajstić information content (AvgIpc) is 2.54. The van der Waals surface area contributed by atoms with Crippen molar-refractivity contribution in [3.05, 3.63) is 0 Å². The Morgan fingerprint density at radius 2 is 2.06 bits per heavy atom. The van der Waals surface area contributed by atoms with Gasteiger partial charge in [0.2, 0.25) is 0 Å². The average molecular weight is 254 g/mol. The predicted molar refractivity (Wildman–Crippen MR) is 62.9 cm³/mol. The quantitative estimate of drug-likeness (QED) is 0.739. The fraction of sp³-hybridized carbons (Fsp3) is 0.750. The van der Waals surface area contributed by atoms with Crippen molar-refractivity contribution in [2.75, 3.05) is 19.8 Å². The molecule has 0 aromatic carbocycles. The molecule has 2 fully saturated rings. The minimum Gasteiger partial charge on any atom is -0.381 e. The van der Waals surface area contributed by atoms with Crippen molar-refractivity contribution in [1.29, 1.82) is 0 Å². The lowest BCUT2D eigenvalue weighted by Gasteiger charge is -2.30. The standard InChI is InChI=1S/C12H18N2O4/c1-9(15)3-2-6-14-10(16)12(13-11(14)17)4-7-18-8-5-12/h2-8H2,1H3,(H,13,17). The summed E-state index contributed by atoms with van der Waals surface area (Å²) in [5, 5.41) is 2.78. The first-order chi connectivity index (χ1) is 8.55. The van der Waals surface area contributed by atoms with E-state index in [1.165, 1.54) is 11.8 Å². The molecule has 3 amide bonds. The molecule has 1 spiro atoms. The van der Waals surface area contributed by atoms with E-state index in [9.17, 15) is 14.4 Å². The van der Waals surface area contributed by atoms with Gasteiger partial charge in [0.25, 0.3) is 5.91 Å². The molecule has 2 saturated heterocycles. The van der Waals surface area contributed by atoms with Gasteiger partial charge in [0, 0.05) is 39.0 Å². The molecule has 1 N–H and O–H groups in total. The van der Waals surface area contributed by atoms with Crippen molar-refractivity contribution in [2.24, 2.45) is 0 Å². The van der Waals surface area contributed by atoms with Crippen molar-refractivity contribution in [1.82, 2.24) is 10.2 Å². The molecule has 6 heteroatoms. The third kappa shape index (κ3) is 2.38. The van der Waals surface area contributed by atoms with Gasteiger partial charge in [0.05, 0.1) is 0 Å². The summed E-state index contributed by atoms with van der Waals surface area (Å²) in [7, 11) is 0. The van der Waals surface area contributed by atoms with E-state index in [0.717, 1.165) is 0 Å². The molecule has 100 valence electrons. The van der Waals surface area contributed by atoms with Gasteiger partial charge >= 0.3 is 6.03 Å². The number of carbonyl (C=O) groups is 3. The van der Waals surface area contributed by atoms with Gasteiger partial charge in [-0.15, -0.1) is 0 Å². The molecule has 18 heavy (non-hydrogen) atoms. The van der Waals surface area contributed by atoms with Gasteiger partial charge in [0.15, 0.2) is 0 Å². The molecule has 2 heterocycles. The second-order valence-corrected chi connectivity index (χ2v) is 4.89. The summed E-state index contributed by atoms with van der Waals surface area (Å²) in [6.07, 6.45) is 1.98. The minimum absolute atomic E-state index is 0.0721. The molecule has 0 aromatic rings. The second-order valence-electron chi connectivity index (χ2n) is 4.89. The van der Waals surface area contributed by atoms with Crippen LogP contribution in [0.1, 0.15) is 32.6 Å². The number of hydrogen-bond donors (Lipinski definition) is 1. The highest BCUT2D eigenvalue weighted by molar-refractivity contribution is 6.07. The number of imide groups is 1. The molecule has 0 aromatic heterocycles. The number of amides is 3. The van der Waals surface area contributed by atoms with E-state index in [-0.39, 0.29) is 17.7 Å². The summed E-state index contributed by atoms with van der Waals surface area (Å²) in [5.74, 6) is -0.0952. The van der Waals surface area contributed by atoms with Crippen molar-refractivity contribution >= 4 is 17.7 Å². The van der Waals surface area contributed by atoms with Crippen LogP contribution in [-0.2, 0) is 14.3 Å². The van der Waals surface area contributed by atoms with Crippen LogP contribution in [0.3, 0.4) is 0 Å². The SMILES string of the molecule is CC(=O)CCCN1C(=O)NC2(CCOCC2)C1=O. The number of nitrogens with zero attached hydrogens (tertiary/aromatic N) is 1. The predicted octanol–water partition coefficient (Wildman–Crippen LogP) is 0.457. The topological polar surface area (TPSA) is 75.7 Å². The zero-order valence-electron chi connectivity index (χ0n) is 10.5. The van der Waals surface area contributed by atoms with Gasteiger partial charge in [-0.05, 0) is 13.3 Å². The van der Waals surface area contributed by atoms with Crippen molar-refractivity contribution < 1.29 is 19.1 Å². The summed E-state index contributed by atoms with van der Waals surface area (Å²) in [5.41, 5.74) is -0.758. The molecule has 2 aliphatic heterocycles. The minimum atomic E-state index is -0.758. The van der Waals surface area contributed by atoms with E-state index in [1.54, 1.807) is 0 Å². The van der Waals surface area contributed by atoms with E-state index in [2.05, 4.69) is 5.32 Å². The van der Waals surface area contributed by atoms with Crippen LogP contribution >= 0.6 is 0 Å². The smallest absolute Gasteiger partial charge is 0.325 e. The molecular weight excluding hydrogens is 236 g/mol. The van der Waals surface area contributed by atoms with Crippen LogP contribution in [-0.4, -0.2) is 47.9 Å². The fourth-order valence-corrected chi connectivity index (χ4v) is 2.42. The monoisotopic (exact) mass is 254 g/mol. The molecule has 2 aliphatic rings. The maximum Gasteiger partial charge on any atom is 0.325 e. The van der Waals surface area contributed by atoms with E-state index in [0.29, 0.717) is 45.4 Å². The van der Waals surface area contributed by atoms with Crippen molar-refractivity contribution in [3.8, 4) is 0 Å². The van der Waals surface area contributed by atoms with Gasteiger partial charge < -0.3 is 14.8 Å². The largest absolute Gasteiger partial charge is 0.381 e. The summed E-state index contributed by atoms with van der Waals surface area (Å²) in [6.45, 7) is 2.80. The van der Waals surface area contributed by atoms with Crippen LogP contribution in [0.2, 0.25) is 0 Å². The van der Waals surface area contributed by atoms with E-state index < -0.39 is 5.54 Å². The second kappa shape index (κ2) is 5.06. The first kappa shape index (κ1) is 13.0. The van der Waals surface area contributed by atoms with Crippen LogP contribution < -0.4 is 5.32 Å². The Morgan fingerprint density at radius 3 is 2.67 bits per heavy atom. The Balaban J connectivity index is 1.98. The number of rotatable bonds is 4. The molecule has 0 atom stereocenters. The highest BCUT2D eigenvalue weighted by Gasteiger charge is 2.51. The molecule has 0 bridgehead atoms. The van der Waals surface area contributed by atoms with E-state index in [4.69, 9.17) is 4.74 Å². The van der Waals surface area contributed by atoms with Gasteiger partial charge in [-0.1, -0.05) is 0 Å². The van der Waals surface area contributed by atoms with E-state index >= 15 is 0 Å². The molecule has 0 unspecified atom stereocenters. The van der Waals surface area contributed by atoms with Crippen molar-refractivity contribution in [2.45, 2.75) is 38.1 Å². The number of urea groups is 1. The van der Waals surface area contributed by atoms with Gasteiger partial charge in [0.1, 0.15) is 11.3 Å². The Morgan fingerprint density at radius 1 is 1.39 bits per heavy atom. The maximum absolute atomic E-state index is 12.3. The molecular formula is C12H18N2O4. The first-order valence-corrected chi connectivity index (χ1v) is 6.26. The summed E-state index contributed by atoms with van der Waals surface area (Å²) >= 11 is 0. The first-order valence-electron chi connectivity index (χ1n) is 6.26. The Hall–Kier alpha value is -1.43.